The number of anilines is 1. The van der Waals surface area contributed by atoms with Crippen LogP contribution in [0.2, 0.25) is 0 Å². The molecule has 2 N–H and O–H groups in total. The fourth-order valence-electron chi connectivity index (χ4n) is 2.05. The molecule has 0 radical (unpaired) electrons. The lowest BCUT2D eigenvalue weighted by atomic mass is 10.1. The first kappa shape index (κ1) is 10.9. The van der Waals surface area contributed by atoms with Crippen LogP contribution in [-0.4, -0.2) is 13.4 Å². The van der Waals surface area contributed by atoms with Crippen LogP contribution in [0.25, 0.3) is 0 Å². The van der Waals surface area contributed by atoms with Crippen LogP contribution in [0.15, 0.2) is 12.1 Å². The summed E-state index contributed by atoms with van der Waals surface area (Å²) < 4.78 is 16.5. The summed E-state index contributed by atoms with van der Waals surface area (Å²) in [7, 11) is 0. The number of nitrogen functional groups attached to an aromatic ring is 1. The maximum atomic E-state index is 5.86. The smallest absolute Gasteiger partial charge is 0.189 e. The van der Waals surface area contributed by atoms with Gasteiger partial charge in [0.05, 0.1) is 13.2 Å². The van der Waals surface area contributed by atoms with Gasteiger partial charge in [-0.15, -0.1) is 0 Å². The minimum Gasteiger partial charge on any atom is -0.467 e. The Balaban J connectivity index is 1.73. The lowest BCUT2D eigenvalue weighted by molar-refractivity contribution is -0.0184. The number of hydrogen-bond donors (Lipinski definition) is 1. The average Bonchev–Trinajstić information content (AvgIpc) is 3.13. The van der Waals surface area contributed by atoms with Crippen molar-refractivity contribution in [2.75, 3.05) is 19.1 Å². The Kier molecular flexibility index (Phi) is 2.91. The van der Waals surface area contributed by atoms with E-state index in [4.69, 9.17) is 19.9 Å². The van der Waals surface area contributed by atoms with Crippen molar-refractivity contribution in [3.63, 3.8) is 0 Å². The molecule has 0 unspecified atom stereocenters. The molecule has 0 aromatic heterocycles. The summed E-state index contributed by atoms with van der Waals surface area (Å²) >= 11 is 0. The van der Waals surface area contributed by atoms with Gasteiger partial charge in [-0.05, 0) is 30.9 Å². The molecule has 4 heteroatoms. The Labute approximate surface area is 101 Å². The molecule has 0 spiro atoms. The van der Waals surface area contributed by atoms with Gasteiger partial charge in [-0.1, -0.05) is 0 Å². The van der Waals surface area contributed by atoms with E-state index in [1.54, 1.807) is 0 Å². The third-order valence-electron chi connectivity index (χ3n) is 3.12. The van der Waals surface area contributed by atoms with Gasteiger partial charge in [0.15, 0.2) is 6.79 Å². The predicted molar refractivity (Wildman–Crippen MR) is 63.5 cm³/mol. The Morgan fingerprint density at radius 2 is 2.24 bits per heavy atom. The minimum absolute atomic E-state index is 0.312. The van der Waals surface area contributed by atoms with Crippen LogP contribution in [0.5, 0.6) is 5.75 Å². The molecule has 1 aliphatic carbocycles. The zero-order valence-corrected chi connectivity index (χ0v) is 9.78. The van der Waals surface area contributed by atoms with E-state index in [0.717, 1.165) is 35.1 Å². The maximum Gasteiger partial charge on any atom is 0.189 e. The molecule has 0 atom stereocenters. The SMILES string of the molecule is Nc1cc2c(c(COCC3CC3)c1)OCOC2. The third-order valence-corrected chi connectivity index (χ3v) is 3.12. The molecule has 1 saturated carbocycles. The van der Waals surface area contributed by atoms with Crippen LogP contribution in [0.4, 0.5) is 5.69 Å². The summed E-state index contributed by atoms with van der Waals surface area (Å²) in [5.74, 6) is 1.66. The van der Waals surface area contributed by atoms with E-state index in [1.165, 1.54) is 12.8 Å². The molecule has 1 heterocycles. The molecule has 0 amide bonds. The van der Waals surface area contributed by atoms with Gasteiger partial charge >= 0.3 is 0 Å². The normalized spacial score (nSPS) is 18.6. The molecule has 2 aliphatic rings. The average molecular weight is 235 g/mol. The molecular weight excluding hydrogens is 218 g/mol. The second kappa shape index (κ2) is 4.55. The molecule has 0 bridgehead atoms. The molecular formula is C13H17NO3. The summed E-state index contributed by atoms with van der Waals surface area (Å²) in [6.45, 7) is 2.30. The molecule has 17 heavy (non-hydrogen) atoms. The van der Waals surface area contributed by atoms with Gasteiger partial charge in [0, 0.05) is 23.4 Å². The van der Waals surface area contributed by atoms with E-state index in [-0.39, 0.29) is 0 Å². The van der Waals surface area contributed by atoms with Crippen LogP contribution < -0.4 is 10.5 Å². The molecule has 1 fully saturated rings. The highest BCUT2D eigenvalue weighted by Gasteiger charge is 2.22. The van der Waals surface area contributed by atoms with E-state index < -0.39 is 0 Å². The third kappa shape index (κ3) is 2.53. The monoisotopic (exact) mass is 235 g/mol. The van der Waals surface area contributed by atoms with E-state index in [0.29, 0.717) is 20.0 Å². The Morgan fingerprint density at radius 3 is 3.06 bits per heavy atom. The van der Waals surface area contributed by atoms with Gasteiger partial charge < -0.3 is 19.9 Å². The topological polar surface area (TPSA) is 53.7 Å². The molecule has 92 valence electrons. The Morgan fingerprint density at radius 1 is 1.35 bits per heavy atom. The first-order valence-corrected chi connectivity index (χ1v) is 6.02. The molecule has 1 aromatic rings. The number of rotatable bonds is 4. The maximum absolute atomic E-state index is 5.86. The summed E-state index contributed by atoms with van der Waals surface area (Å²) in [5.41, 5.74) is 8.65. The van der Waals surface area contributed by atoms with Crippen LogP contribution in [0, 0.1) is 5.92 Å². The molecule has 3 rings (SSSR count). The van der Waals surface area contributed by atoms with Gasteiger partial charge in [-0.3, -0.25) is 0 Å². The molecule has 1 aromatic carbocycles. The fraction of sp³-hybridized carbons (Fsp3) is 0.538. The van der Waals surface area contributed by atoms with Crippen molar-refractivity contribution in [2.24, 2.45) is 5.92 Å². The van der Waals surface area contributed by atoms with Gasteiger partial charge in [0.25, 0.3) is 0 Å². The van der Waals surface area contributed by atoms with Crippen molar-refractivity contribution in [1.82, 2.24) is 0 Å². The highest BCUT2D eigenvalue weighted by atomic mass is 16.7. The largest absolute Gasteiger partial charge is 0.467 e. The first-order chi connectivity index (χ1) is 8.33. The highest BCUT2D eigenvalue weighted by molar-refractivity contribution is 5.53. The quantitative estimate of drug-likeness (QED) is 0.812. The summed E-state index contributed by atoms with van der Waals surface area (Å²) in [4.78, 5) is 0. The fourth-order valence-corrected chi connectivity index (χ4v) is 2.05. The number of fused-ring (bicyclic) bond motifs is 1. The summed E-state index contributed by atoms with van der Waals surface area (Å²) in [5, 5.41) is 0. The van der Waals surface area contributed by atoms with Crippen molar-refractivity contribution in [2.45, 2.75) is 26.1 Å². The predicted octanol–water partition coefficient (Wildman–Crippen LogP) is 2.06. The second-order valence-electron chi connectivity index (χ2n) is 4.74. The van der Waals surface area contributed by atoms with Gasteiger partial charge in [0.1, 0.15) is 5.75 Å². The van der Waals surface area contributed by atoms with E-state index in [2.05, 4.69) is 0 Å². The van der Waals surface area contributed by atoms with E-state index >= 15 is 0 Å². The molecule has 1 aliphatic heterocycles. The zero-order chi connectivity index (χ0) is 11.7. The van der Waals surface area contributed by atoms with Crippen molar-refractivity contribution in [3.8, 4) is 5.75 Å². The van der Waals surface area contributed by atoms with E-state index in [1.807, 2.05) is 12.1 Å². The van der Waals surface area contributed by atoms with Crippen LogP contribution in [-0.2, 0) is 22.7 Å². The van der Waals surface area contributed by atoms with Gasteiger partial charge in [-0.25, -0.2) is 0 Å². The standard InChI is InChI=1S/C13H17NO3/c14-12-3-10(6-15-5-9-1-2-9)13-11(4-12)7-16-8-17-13/h3-4,9H,1-2,5-8,14H2. The summed E-state index contributed by atoms with van der Waals surface area (Å²) in [6.07, 6.45) is 2.61. The lowest BCUT2D eigenvalue weighted by Gasteiger charge is -2.21. The second-order valence-corrected chi connectivity index (χ2v) is 4.74. The van der Waals surface area contributed by atoms with Crippen molar-refractivity contribution in [1.29, 1.82) is 0 Å². The lowest BCUT2D eigenvalue weighted by Crippen LogP contribution is -2.14. The minimum atomic E-state index is 0.312. The van der Waals surface area contributed by atoms with Crippen molar-refractivity contribution >= 4 is 5.69 Å². The van der Waals surface area contributed by atoms with Gasteiger partial charge in [-0.2, -0.15) is 0 Å². The molecule has 4 nitrogen and oxygen atoms in total. The Hall–Kier alpha value is -1.26. The van der Waals surface area contributed by atoms with Crippen molar-refractivity contribution < 1.29 is 14.2 Å². The van der Waals surface area contributed by atoms with Crippen LogP contribution in [0.3, 0.4) is 0 Å². The Bertz CT molecular complexity index is 415. The number of hydrogen-bond acceptors (Lipinski definition) is 4. The van der Waals surface area contributed by atoms with Crippen molar-refractivity contribution in [3.05, 3.63) is 23.3 Å². The summed E-state index contributed by atoms with van der Waals surface area (Å²) in [6, 6.07) is 3.83. The van der Waals surface area contributed by atoms with E-state index in [9.17, 15) is 0 Å². The zero-order valence-electron chi connectivity index (χ0n) is 9.78. The number of ether oxygens (including phenoxy) is 3. The first-order valence-electron chi connectivity index (χ1n) is 6.02. The molecule has 0 saturated heterocycles. The van der Waals surface area contributed by atoms with Crippen LogP contribution in [0.1, 0.15) is 24.0 Å². The highest BCUT2D eigenvalue weighted by Crippen LogP contribution is 2.33. The number of nitrogens with two attached hydrogens (primary N) is 1. The van der Waals surface area contributed by atoms with Crippen LogP contribution >= 0.6 is 0 Å². The van der Waals surface area contributed by atoms with Gasteiger partial charge in [0.2, 0.25) is 0 Å². The number of benzene rings is 1.